The van der Waals surface area contributed by atoms with Gasteiger partial charge < -0.3 is 5.11 Å². The number of unbranched alkanes of at least 4 members (excludes halogenated alkanes) is 14. The average molecular weight is 763 g/mol. The zero-order valence-electron chi connectivity index (χ0n) is 26.7. The van der Waals surface area contributed by atoms with Gasteiger partial charge in [0.25, 0.3) is 0 Å². The summed E-state index contributed by atoms with van der Waals surface area (Å²) in [5, 5.41) is 9.56. The van der Waals surface area contributed by atoms with Gasteiger partial charge in [-0.25, -0.2) is 0 Å². The van der Waals surface area contributed by atoms with Crippen molar-refractivity contribution in [2.24, 2.45) is 5.92 Å². The van der Waals surface area contributed by atoms with Crippen molar-refractivity contribution in [3.63, 3.8) is 0 Å². The van der Waals surface area contributed by atoms with E-state index in [4.69, 9.17) is 0 Å². The lowest BCUT2D eigenvalue weighted by atomic mass is 9.94. The van der Waals surface area contributed by atoms with Gasteiger partial charge in [0.05, 0.1) is 0 Å². The molecule has 0 saturated carbocycles. The van der Waals surface area contributed by atoms with E-state index in [1.165, 1.54) is 0 Å². The fraction of sp³-hybridized carbons (Fsp3) is 1.00. The summed E-state index contributed by atoms with van der Waals surface area (Å²) in [6.07, 6.45) is -9.95. The molecule has 0 heterocycles. The SMILES string of the molecule is OCC(CCCCCCCCCCC(F)(F)C(F)(F)C(F)(F)C(F)(F)F)CCCCCCCCCCC(F)(F)C(F)(F)C(F)(F)C(F)(F)F. The molecule has 0 aliphatic carbocycles. The minimum Gasteiger partial charge on any atom is -0.396 e. The summed E-state index contributed by atoms with van der Waals surface area (Å²) in [5.74, 6) is -38.0. The molecular weight excluding hydrogens is 718 g/mol. The zero-order valence-corrected chi connectivity index (χ0v) is 26.7. The van der Waals surface area contributed by atoms with Crippen LogP contribution in [0.15, 0.2) is 0 Å². The Morgan fingerprint density at radius 1 is 0.306 bits per heavy atom. The van der Waals surface area contributed by atoms with E-state index in [0.29, 0.717) is 38.5 Å². The summed E-state index contributed by atoms with van der Waals surface area (Å²) in [7, 11) is 0. The standard InChI is InChI=1S/C30H44F18O/c31-23(32,25(35,36)27(39,40)29(43,44)45)19-15-11-7-3-1-5-9-13-17-22(21-49)18-14-10-6-2-4-8-12-16-20-24(33,34)26(37,38)28(41,42)30(46,47)48/h22,49H,1-21H2. The maximum Gasteiger partial charge on any atom is 0.460 e. The van der Waals surface area contributed by atoms with Crippen molar-refractivity contribution in [1.82, 2.24) is 0 Å². The molecule has 0 aromatic carbocycles. The van der Waals surface area contributed by atoms with E-state index < -0.39 is 73.6 Å². The Morgan fingerprint density at radius 2 is 0.531 bits per heavy atom. The van der Waals surface area contributed by atoms with Crippen LogP contribution in [0.2, 0.25) is 0 Å². The topological polar surface area (TPSA) is 20.2 Å². The lowest BCUT2D eigenvalue weighted by Gasteiger charge is -2.33. The number of aliphatic hydroxyl groups excluding tert-OH is 1. The normalized spacial score (nSPS) is 14.7. The third-order valence-corrected chi connectivity index (χ3v) is 8.38. The summed E-state index contributed by atoms with van der Waals surface area (Å²) in [5.41, 5.74) is 0. The molecule has 0 spiro atoms. The van der Waals surface area contributed by atoms with Gasteiger partial charge in [-0.05, 0) is 31.6 Å². The van der Waals surface area contributed by atoms with Gasteiger partial charge in [-0.15, -0.1) is 0 Å². The minimum absolute atomic E-state index is 0.0223. The van der Waals surface area contributed by atoms with Crippen LogP contribution < -0.4 is 0 Å². The second-order valence-electron chi connectivity index (χ2n) is 12.5. The molecule has 296 valence electrons. The summed E-state index contributed by atoms with van der Waals surface area (Å²) in [6.45, 7) is -0.0584. The predicted octanol–water partition coefficient (Wildman–Crippen LogP) is 13.3. The average Bonchev–Trinajstić information content (AvgIpc) is 2.96. The molecule has 0 aromatic rings. The first kappa shape index (κ1) is 47.7. The van der Waals surface area contributed by atoms with Crippen molar-refractivity contribution in [2.45, 2.75) is 176 Å². The molecule has 49 heavy (non-hydrogen) atoms. The molecule has 0 fully saturated rings. The first-order valence-corrected chi connectivity index (χ1v) is 16.1. The Hall–Kier alpha value is -1.30. The van der Waals surface area contributed by atoms with Crippen molar-refractivity contribution in [3.05, 3.63) is 0 Å². The molecule has 0 unspecified atom stereocenters. The quantitative estimate of drug-likeness (QED) is 0.0653. The van der Waals surface area contributed by atoms with Gasteiger partial charge in [0.1, 0.15) is 0 Å². The van der Waals surface area contributed by atoms with E-state index in [9.17, 15) is 84.1 Å². The van der Waals surface area contributed by atoms with Crippen molar-refractivity contribution < 1.29 is 84.1 Å². The molecule has 0 amide bonds. The number of hydrogen-bond acceptors (Lipinski definition) is 1. The number of rotatable bonds is 27. The summed E-state index contributed by atoms with van der Waals surface area (Å²) < 4.78 is 231. The van der Waals surface area contributed by atoms with Crippen molar-refractivity contribution in [3.8, 4) is 0 Å². The zero-order chi connectivity index (χ0) is 38.4. The van der Waals surface area contributed by atoms with Crippen molar-refractivity contribution in [1.29, 1.82) is 0 Å². The van der Waals surface area contributed by atoms with E-state index in [2.05, 4.69) is 0 Å². The molecule has 0 bridgehead atoms. The second-order valence-corrected chi connectivity index (χ2v) is 12.5. The largest absolute Gasteiger partial charge is 0.460 e. The van der Waals surface area contributed by atoms with Gasteiger partial charge in [0.15, 0.2) is 0 Å². The third kappa shape index (κ3) is 13.6. The molecule has 0 rings (SSSR count). The van der Waals surface area contributed by atoms with Gasteiger partial charge in [-0.3, -0.25) is 0 Å². The summed E-state index contributed by atoms with van der Waals surface area (Å²) in [6, 6.07) is 0. The van der Waals surface area contributed by atoms with Gasteiger partial charge >= 0.3 is 47.9 Å². The van der Waals surface area contributed by atoms with Crippen molar-refractivity contribution >= 4 is 0 Å². The Kier molecular flexibility index (Phi) is 19.0. The van der Waals surface area contributed by atoms with Gasteiger partial charge in [0.2, 0.25) is 0 Å². The van der Waals surface area contributed by atoms with Crippen LogP contribution in [-0.4, -0.2) is 59.6 Å². The van der Waals surface area contributed by atoms with Crippen LogP contribution in [0, 0.1) is 5.92 Å². The highest BCUT2D eigenvalue weighted by Gasteiger charge is 2.82. The molecule has 1 nitrogen and oxygen atoms in total. The lowest BCUT2D eigenvalue weighted by Crippen LogP contribution is -2.60. The van der Waals surface area contributed by atoms with Crippen LogP contribution in [0.4, 0.5) is 79.0 Å². The number of alkyl halides is 18. The van der Waals surface area contributed by atoms with E-state index in [-0.39, 0.29) is 38.2 Å². The molecule has 19 heteroatoms. The molecule has 1 N–H and O–H groups in total. The first-order chi connectivity index (χ1) is 22.1. The number of aliphatic hydroxyl groups is 1. The van der Waals surface area contributed by atoms with Crippen LogP contribution >= 0.6 is 0 Å². The monoisotopic (exact) mass is 762 g/mol. The second kappa shape index (κ2) is 19.5. The molecule has 0 aliphatic rings. The highest BCUT2D eigenvalue weighted by atomic mass is 19.4. The Bertz CT molecular complexity index is 828. The highest BCUT2D eigenvalue weighted by Crippen LogP contribution is 2.55. The van der Waals surface area contributed by atoms with Gasteiger partial charge in [-0.1, -0.05) is 89.9 Å². The molecule has 0 aliphatic heterocycles. The molecule has 0 atom stereocenters. The van der Waals surface area contributed by atoms with E-state index >= 15 is 0 Å². The maximum absolute atomic E-state index is 13.5. The fourth-order valence-corrected chi connectivity index (χ4v) is 5.14. The molecular formula is C30H44F18O. The third-order valence-electron chi connectivity index (χ3n) is 8.38. The smallest absolute Gasteiger partial charge is 0.396 e. The first-order valence-electron chi connectivity index (χ1n) is 16.1. The van der Waals surface area contributed by atoms with E-state index in [1.54, 1.807) is 0 Å². The fourth-order valence-electron chi connectivity index (χ4n) is 5.14. The van der Waals surface area contributed by atoms with Crippen LogP contribution in [0.25, 0.3) is 0 Å². The van der Waals surface area contributed by atoms with Crippen LogP contribution in [0.1, 0.15) is 128 Å². The summed E-state index contributed by atoms with van der Waals surface area (Å²) >= 11 is 0. The minimum atomic E-state index is -6.88. The van der Waals surface area contributed by atoms with Gasteiger partial charge in [0, 0.05) is 19.4 Å². The Labute approximate surface area is 273 Å². The Balaban J connectivity index is 3.99. The van der Waals surface area contributed by atoms with Gasteiger partial charge in [-0.2, -0.15) is 79.0 Å². The Morgan fingerprint density at radius 3 is 0.755 bits per heavy atom. The highest BCUT2D eigenvalue weighted by molar-refractivity contribution is 5.01. The van der Waals surface area contributed by atoms with Crippen LogP contribution in [0.5, 0.6) is 0 Å². The predicted molar refractivity (Wildman–Crippen MR) is 145 cm³/mol. The van der Waals surface area contributed by atoms with E-state index in [0.717, 1.165) is 38.5 Å². The van der Waals surface area contributed by atoms with Crippen LogP contribution in [0.3, 0.4) is 0 Å². The van der Waals surface area contributed by atoms with Crippen LogP contribution in [-0.2, 0) is 0 Å². The lowest BCUT2D eigenvalue weighted by molar-refractivity contribution is -0.396. The van der Waals surface area contributed by atoms with E-state index in [1.807, 2.05) is 0 Å². The molecule has 0 radical (unpaired) electrons. The molecule has 0 aromatic heterocycles. The maximum atomic E-state index is 13.5. The summed E-state index contributed by atoms with van der Waals surface area (Å²) in [4.78, 5) is 0. The number of hydrogen-bond donors (Lipinski definition) is 1. The van der Waals surface area contributed by atoms with Crippen molar-refractivity contribution in [2.75, 3.05) is 6.61 Å². The molecule has 0 saturated heterocycles. The number of halogens is 18.